The second-order valence-electron chi connectivity index (χ2n) is 8.91. The van der Waals surface area contributed by atoms with Crippen molar-refractivity contribution in [2.45, 2.75) is 39.1 Å². The molecule has 3 heterocycles. The number of hydrogen-bond acceptors (Lipinski definition) is 13. The number of hydrogen-bond donors (Lipinski definition) is 2. The van der Waals surface area contributed by atoms with Gasteiger partial charge in [-0.2, -0.15) is 0 Å². The van der Waals surface area contributed by atoms with Crippen LogP contribution in [0.5, 0.6) is 0 Å². The van der Waals surface area contributed by atoms with Gasteiger partial charge in [0.1, 0.15) is 29.4 Å². The normalized spacial score (nSPS) is 19.6. The number of esters is 2. The Morgan fingerprint density at radius 2 is 2.03 bits per heavy atom. The predicted molar refractivity (Wildman–Crippen MR) is 135 cm³/mol. The Morgan fingerprint density at radius 1 is 1.30 bits per heavy atom. The van der Waals surface area contributed by atoms with Gasteiger partial charge < -0.3 is 30.1 Å². The summed E-state index contributed by atoms with van der Waals surface area (Å²) in [6, 6.07) is -0.939. The summed E-state index contributed by atoms with van der Waals surface area (Å²) in [5.74, 6) is -2.23. The van der Waals surface area contributed by atoms with Crippen LogP contribution in [0.1, 0.15) is 33.4 Å². The average Bonchev–Trinajstić information content (AvgIpc) is 3.27. The molecule has 1 fully saturated rings. The highest BCUT2D eigenvalue weighted by Crippen LogP contribution is 2.40. The molecule has 2 aliphatic rings. The van der Waals surface area contributed by atoms with Gasteiger partial charge in [-0.25, -0.2) is 9.78 Å². The number of nitrogens with zero attached hydrogens (tertiary/aromatic N) is 3. The zero-order valence-electron chi connectivity index (χ0n) is 21.1. The Morgan fingerprint density at radius 3 is 2.62 bits per heavy atom. The fourth-order valence-electron chi connectivity index (χ4n) is 3.32. The lowest BCUT2D eigenvalue weighted by Crippen LogP contribution is -2.71. The molecule has 0 aliphatic carbocycles. The van der Waals surface area contributed by atoms with Gasteiger partial charge in [0.05, 0.1) is 12.0 Å². The van der Waals surface area contributed by atoms with Crippen LogP contribution in [-0.2, 0) is 38.2 Å². The highest BCUT2D eigenvalue weighted by molar-refractivity contribution is 8.00. The summed E-state index contributed by atoms with van der Waals surface area (Å²) in [7, 11) is 1.46. The Labute approximate surface area is 221 Å². The molecule has 0 spiro atoms. The van der Waals surface area contributed by atoms with Crippen molar-refractivity contribution in [2.24, 2.45) is 10.6 Å². The van der Waals surface area contributed by atoms with Gasteiger partial charge in [0.15, 0.2) is 10.8 Å². The third-order valence-electron chi connectivity index (χ3n) is 5.10. The van der Waals surface area contributed by atoms with E-state index < -0.39 is 47.4 Å². The van der Waals surface area contributed by atoms with Gasteiger partial charge in [-0.05, 0) is 33.3 Å². The number of rotatable bonds is 10. The van der Waals surface area contributed by atoms with Crippen molar-refractivity contribution in [2.75, 3.05) is 38.6 Å². The summed E-state index contributed by atoms with van der Waals surface area (Å²) in [5.41, 5.74) is 5.53. The molecule has 1 aromatic rings. The lowest BCUT2D eigenvalue weighted by molar-refractivity contribution is -0.173. The van der Waals surface area contributed by atoms with E-state index in [2.05, 4.69) is 15.5 Å². The van der Waals surface area contributed by atoms with Crippen molar-refractivity contribution < 1.29 is 38.2 Å². The van der Waals surface area contributed by atoms with E-state index in [4.69, 9.17) is 24.8 Å². The first-order valence-corrected chi connectivity index (χ1v) is 13.1. The third kappa shape index (κ3) is 6.40. The Bertz CT molecular complexity index is 1130. The standard InChI is InChI=1S/C22H29N5O8S2/c1-6-35-26-13(12-9-37-21(23)24-12)16(28)25-14-17(29)27-15(11(7-32-5)8-36-18(14)27)19(30)33-10-34-20(31)22(2,3)4/h9,14,18H,6-8,10H2,1-5H3,(H2,23,24)(H,25,28)/b26-13+/t14?,18-/m1/s1. The van der Waals surface area contributed by atoms with Crippen molar-refractivity contribution in [3.8, 4) is 0 Å². The molecule has 1 unspecified atom stereocenters. The summed E-state index contributed by atoms with van der Waals surface area (Å²) in [4.78, 5) is 61.3. The number of nitrogens with one attached hydrogen (secondary N) is 1. The molecule has 2 atom stereocenters. The van der Waals surface area contributed by atoms with Crippen LogP contribution in [0.25, 0.3) is 0 Å². The van der Waals surface area contributed by atoms with E-state index in [-0.39, 0.29) is 35.4 Å². The number of carbonyl (C=O) groups is 4. The SMILES string of the molecule is CCO/N=C(/C(=O)NC1C(=O)N2C(C(=O)OCOC(=O)C(C)(C)C)=C(COC)CS[C@H]12)c1csc(N)n1. The minimum atomic E-state index is -0.939. The van der Waals surface area contributed by atoms with Gasteiger partial charge in [-0.15, -0.1) is 23.1 Å². The molecule has 0 saturated carbocycles. The number of anilines is 1. The van der Waals surface area contributed by atoms with E-state index in [1.807, 2.05) is 0 Å². The first kappa shape index (κ1) is 28.4. The van der Waals surface area contributed by atoms with Crippen molar-refractivity contribution in [3.05, 3.63) is 22.3 Å². The van der Waals surface area contributed by atoms with Gasteiger partial charge in [0.2, 0.25) is 6.79 Å². The van der Waals surface area contributed by atoms with Crippen LogP contribution in [0, 0.1) is 5.41 Å². The number of ether oxygens (including phenoxy) is 3. The topological polar surface area (TPSA) is 172 Å². The lowest BCUT2D eigenvalue weighted by atomic mass is 9.98. The summed E-state index contributed by atoms with van der Waals surface area (Å²) in [6.07, 6.45) is 0. The van der Waals surface area contributed by atoms with Crippen molar-refractivity contribution in [1.29, 1.82) is 0 Å². The third-order valence-corrected chi connectivity index (χ3v) is 7.12. The van der Waals surface area contributed by atoms with E-state index in [9.17, 15) is 19.2 Å². The number of methoxy groups -OCH3 is 1. The highest BCUT2D eigenvalue weighted by Gasteiger charge is 2.54. The van der Waals surface area contributed by atoms with Crippen LogP contribution < -0.4 is 11.1 Å². The highest BCUT2D eigenvalue weighted by atomic mass is 32.2. The van der Waals surface area contributed by atoms with Gasteiger partial charge in [-0.3, -0.25) is 19.3 Å². The first-order chi connectivity index (χ1) is 17.5. The van der Waals surface area contributed by atoms with E-state index in [0.717, 1.165) is 11.3 Å². The number of β-lactam (4-membered cyclic amide) rings is 1. The van der Waals surface area contributed by atoms with Crippen molar-refractivity contribution in [3.63, 3.8) is 0 Å². The molecule has 13 nitrogen and oxygen atoms in total. The van der Waals surface area contributed by atoms with Gasteiger partial charge in [-0.1, -0.05) is 5.16 Å². The number of nitrogen functional groups attached to an aromatic ring is 1. The number of oxime groups is 1. The molecule has 15 heteroatoms. The Hall–Kier alpha value is -3.17. The smallest absolute Gasteiger partial charge is 0.358 e. The quantitative estimate of drug-likeness (QED) is 0.138. The molecular weight excluding hydrogens is 526 g/mol. The Balaban J connectivity index is 1.73. The molecule has 202 valence electrons. The first-order valence-electron chi connectivity index (χ1n) is 11.2. The zero-order chi connectivity index (χ0) is 27.3. The van der Waals surface area contributed by atoms with Crippen LogP contribution >= 0.6 is 23.1 Å². The Kier molecular flexibility index (Phi) is 9.15. The molecule has 1 aromatic heterocycles. The molecule has 0 bridgehead atoms. The van der Waals surface area contributed by atoms with Crippen LogP contribution in [-0.4, -0.2) is 83.6 Å². The average molecular weight is 556 g/mol. The second-order valence-corrected chi connectivity index (χ2v) is 10.9. The summed E-state index contributed by atoms with van der Waals surface area (Å²) in [5, 5.41) is 7.70. The van der Waals surface area contributed by atoms with Crippen molar-refractivity contribution >= 4 is 57.7 Å². The summed E-state index contributed by atoms with van der Waals surface area (Å²) >= 11 is 2.48. The summed E-state index contributed by atoms with van der Waals surface area (Å²) < 4.78 is 15.3. The van der Waals surface area contributed by atoms with Gasteiger partial charge >= 0.3 is 11.9 Å². The number of nitrogens with two attached hydrogens (primary N) is 1. The molecule has 2 aliphatic heterocycles. The van der Waals surface area contributed by atoms with Crippen LogP contribution in [0.2, 0.25) is 0 Å². The lowest BCUT2D eigenvalue weighted by Gasteiger charge is -2.49. The maximum atomic E-state index is 13.1. The number of carbonyl (C=O) groups excluding carboxylic acids is 4. The maximum Gasteiger partial charge on any atom is 0.358 e. The maximum absolute atomic E-state index is 13.1. The predicted octanol–water partition coefficient (Wildman–Crippen LogP) is 0.856. The number of thiazole rings is 1. The van der Waals surface area contributed by atoms with Crippen LogP contribution in [0.15, 0.2) is 21.8 Å². The number of fused-ring (bicyclic) bond motifs is 1. The molecule has 0 aromatic carbocycles. The largest absolute Gasteiger partial charge is 0.427 e. The van der Waals surface area contributed by atoms with Crippen molar-refractivity contribution in [1.82, 2.24) is 15.2 Å². The number of aromatic nitrogens is 1. The molecule has 3 rings (SSSR count). The fraction of sp³-hybridized carbons (Fsp3) is 0.545. The monoisotopic (exact) mass is 555 g/mol. The minimum absolute atomic E-state index is 0.00314. The van der Waals surface area contributed by atoms with Crippen LogP contribution in [0.4, 0.5) is 5.13 Å². The molecular formula is C22H29N5O8S2. The van der Waals surface area contributed by atoms with Gasteiger partial charge in [0.25, 0.3) is 11.8 Å². The van der Waals surface area contributed by atoms with E-state index in [0.29, 0.717) is 11.3 Å². The summed E-state index contributed by atoms with van der Waals surface area (Å²) in [6.45, 7) is 6.40. The molecule has 37 heavy (non-hydrogen) atoms. The molecule has 1 saturated heterocycles. The molecule has 2 amide bonds. The van der Waals surface area contributed by atoms with E-state index in [1.165, 1.54) is 23.8 Å². The second kappa shape index (κ2) is 11.9. The van der Waals surface area contributed by atoms with E-state index in [1.54, 1.807) is 33.1 Å². The fourth-order valence-corrected chi connectivity index (χ4v) is 5.19. The van der Waals surface area contributed by atoms with Crippen LogP contribution in [0.3, 0.4) is 0 Å². The number of thioether (sulfide) groups is 1. The van der Waals surface area contributed by atoms with E-state index >= 15 is 0 Å². The number of amides is 2. The molecule has 0 radical (unpaired) electrons. The zero-order valence-corrected chi connectivity index (χ0v) is 22.7. The minimum Gasteiger partial charge on any atom is -0.427 e. The molecule has 3 N–H and O–H groups in total. The van der Waals surface area contributed by atoms with Gasteiger partial charge in [0, 0.05) is 18.2 Å².